The number of hydrogen-bond acceptors (Lipinski definition) is 1. The summed E-state index contributed by atoms with van der Waals surface area (Å²) in [5, 5.41) is 3.80. The second kappa shape index (κ2) is 5.08. The van der Waals surface area contributed by atoms with E-state index in [4.69, 9.17) is 0 Å². The van der Waals surface area contributed by atoms with E-state index in [9.17, 15) is 0 Å². The Labute approximate surface area is 102 Å². The Morgan fingerprint density at radius 3 is 2.44 bits per heavy atom. The van der Waals surface area contributed by atoms with Gasteiger partial charge in [-0.2, -0.15) is 0 Å². The van der Waals surface area contributed by atoms with Crippen molar-refractivity contribution in [2.24, 2.45) is 16.7 Å². The minimum Gasteiger partial charge on any atom is -0.313 e. The average molecular weight is 225 g/mol. The van der Waals surface area contributed by atoms with Gasteiger partial charge in [0, 0.05) is 12.6 Å². The number of nitrogens with one attached hydrogen (secondary N) is 1. The van der Waals surface area contributed by atoms with Crippen LogP contribution in [0.25, 0.3) is 0 Å². The van der Waals surface area contributed by atoms with E-state index < -0.39 is 0 Å². The van der Waals surface area contributed by atoms with Gasteiger partial charge in [0.2, 0.25) is 0 Å². The molecule has 96 valence electrons. The van der Waals surface area contributed by atoms with Gasteiger partial charge in [-0.1, -0.05) is 41.5 Å². The van der Waals surface area contributed by atoms with Crippen LogP contribution < -0.4 is 5.32 Å². The highest BCUT2D eigenvalue weighted by Crippen LogP contribution is 2.38. The SMILES string of the molecule is CCC(C)(C)CNC1CCC(C)(C)CC1C. The first-order valence-corrected chi connectivity index (χ1v) is 6.99. The summed E-state index contributed by atoms with van der Waals surface area (Å²) in [5.74, 6) is 0.830. The van der Waals surface area contributed by atoms with Gasteiger partial charge in [0.05, 0.1) is 0 Å². The average Bonchev–Trinajstić information content (AvgIpc) is 2.15. The van der Waals surface area contributed by atoms with E-state index in [1.54, 1.807) is 0 Å². The van der Waals surface area contributed by atoms with Crippen molar-refractivity contribution in [3.8, 4) is 0 Å². The van der Waals surface area contributed by atoms with E-state index in [2.05, 4.69) is 46.9 Å². The molecule has 1 fully saturated rings. The molecule has 1 heteroatoms. The smallest absolute Gasteiger partial charge is 0.00933 e. The summed E-state index contributed by atoms with van der Waals surface area (Å²) >= 11 is 0. The Bertz CT molecular complexity index is 217. The van der Waals surface area contributed by atoms with Crippen LogP contribution in [0.5, 0.6) is 0 Å². The normalized spacial score (nSPS) is 30.4. The molecule has 0 radical (unpaired) electrons. The molecule has 1 rings (SSSR count). The van der Waals surface area contributed by atoms with Crippen molar-refractivity contribution in [1.82, 2.24) is 5.32 Å². The van der Waals surface area contributed by atoms with Gasteiger partial charge in [0.25, 0.3) is 0 Å². The van der Waals surface area contributed by atoms with Gasteiger partial charge in [-0.05, 0) is 42.4 Å². The summed E-state index contributed by atoms with van der Waals surface area (Å²) in [6.45, 7) is 15.4. The fourth-order valence-corrected chi connectivity index (χ4v) is 2.78. The Kier molecular flexibility index (Phi) is 4.45. The van der Waals surface area contributed by atoms with Crippen LogP contribution >= 0.6 is 0 Å². The number of hydrogen-bond donors (Lipinski definition) is 1. The van der Waals surface area contributed by atoms with Crippen molar-refractivity contribution >= 4 is 0 Å². The maximum Gasteiger partial charge on any atom is 0.00933 e. The van der Waals surface area contributed by atoms with Crippen LogP contribution in [0.1, 0.15) is 67.2 Å². The van der Waals surface area contributed by atoms with E-state index in [0.717, 1.165) is 12.0 Å². The lowest BCUT2D eigenvalue weighted by Crippen LogP contribution is -2.44. The van der Waals surface area contributed by atoms with Gasteiger partial charge in [-0.15, -0.1) is 0 Å². The lowest BCUT2D eigenvalue weighted by Gasteiger charge is -2.41. The highest BCUT2D eigenvalue weighted by molar-refractivity contribution is 4.87. The molecule has 0 bridgehead atoms. The molecule has 0 heterocycles. The molecule has 0 aromatic carbocycles. The maximum atomic E-state index is 3.80. The Morgan fingerprint density at radius 2 is 1.94 bits per heavy atom. The second-order valence-electron chi connectivity index (χ2n) is 7.39. The first-order valence-electron chi connectivity index (χ1n) is 6.99. The second-order valence-corrected chi connectivity index (χ2v) is 7.39. The third-order valence-electron chi connectivity index (χ3n) is 4.49. The zero-order valence-corrected chi connectivity index (χ0v) is 12.2. The Hall–Kier alpha value is -0.0400. The van der Waals surface area contributed by atoms with Crippen LogP contribution in [0, 0.1) is 16.7 Å². The summed E-state index contributed by atoms with van der Waals surface area (Å²) in [5.41, 5.74) is 1.02. The molecule has 0 amide bonds. The molecule has 0 spiro atoms. The molecule has 0 aromatic rings. The van der Waals surface area contributed by atoms with Gasteiger partial charge >= 0.3 is 0 Å². The van der Waals surface area contributed by atoms with Crippen LogP contribution in [0.3, 0.4) is 0 Å². The third kappa shape index (κ3) is 4.08. The van der Waals surface area contributed by atoms with Crippen LogP contribution in [0.4, 0.5) is 0 Å². The predicted molar refractivity (Wildman–Crippen MR) is 72.7 cm³/mol. The van der Waals surface area contributed by atoms with Gasteiger partial charge in [-0.25, -0.2) is 0 Å². The highest BCUT2D eigenvalue weighted by Gasteiger charge is 2.32. The molecule has 1 saturated carbocycles. The van der Waals surface area contributed by atoms with E-state index in [1.165, 1.54) is 32.2 Å². The van der Waals surface area contributed by atoms with Crippen molar-refractivity contribution in [2.45, 2.75) is 73.3 Å². The van der Waals surface area contributed by atoms with Gasteiger partial charge < -0.3 is 5.32 Å². The minimum absolute atomic E-state index is 0.451. The van der Waals surface area contributed by atoms with Crippen molar-refractivity contribution in [3.05, 3.63) is 0 Å². The Morgan fingerprint density at radius 1 is 1.31 bits per heavy atom. The summed E-state index contributed by atoms with van der Waals surface area (Å²) in [6.07, 6.45) is 5.36. The van der Waals surface area contributed by atoms with E-state index in [0.29, 0.717) is 10.8 Å². The van der Waals surface area contributed by atoms with E-state index in [-0.39, 0.29) is 0 Å². The molecule has 1 N–H and O–H groups in total. The summed E-state index contributed by atoms with van der Waals surface area (Å²) in [6, 6.07) is 0.749. The van der Waals surface area contributed by atoms with Crippen molar-refractivity contribution in [2.75, 3.05) is 6.54 Å². The van der Waals surface area contributed by atoms with Gasteiger partial charge in [0.15, 0.2) is 0 Å². The first kappa shape index (κ1) is 14.0. The molecular formula is C15H31N. The van der Waals surface area contributed by atoms with Crippen LogP contribution in [0.15, 0.2) is 0 Å². The van der Waals surface area contributed by atoms with Gasteiger partial charge in [0.1, 0.15) is 0 Å². The van der Waals surface area contributed by atoms with E-state index >= 15 is 0 Å². The minimum atomic E-state index is 0.451. The van der Waals surface area contributed by atoms with Crippen LogP contribution in [0.2, 0.25) is 0 Å². The summed E-state index contributed by atoms with van der Waals surface area (Å²) in [4.78, 5) is 0. The van der Waals surface area contributed by atoms with E-state index in [1.807, 2.05) is 0 Å². The molecule has 2 unspecified atom stereocenters. The Balaban J connectivity index is 2.39. The maximum absolute atomic E-state index is 3.80. The standard InChI is InChI=1S/C15H31N/c1-7-14(3,4)11-16-13-8-9-15(5,6)10-12(13)2/h12-13,16H,7-11H2,1-6H3. The molecule has 1 nitrogen and oxygen atoms in total. The van der Waals surface area contributed by atoms with Crippen LogP contribution in [-0.2, 0) is 0 Å². The zero-order chi connectivity index (χ0) is 12.4. The topological polar surface area (TPSA) is 12.0 Å². The predicted octanol–water partition coefficient (Wildman–Crippen LogP) is 4.23. The van der Waals surface area contributed by atoms with Crippen molar-refractivity contribution in [3.63, 3.8) is 0 Å². The largest absolute Gasteiger partial charge is 0.313 e. The fraction of sp³-hybridized carbons (Fsp3) is 1.00. The molecular weight excluding hydrogens is 194 g/mol. The zero-order valence-electron chi connectivity index (χ0n) is 12.2. The third-order valence-corrected chi connectivity index (χ3v) is 4.49. The summed E-state index contributed by atoms with van der Waals surface area (Å²) in [7, 11) is 0. The lowest BCUT2D eigenvalue weighted by atomic mass is 9.70. The highest BCUT2D eigenvalue weighted by atomic mass is 14.9. The molecule has 2 atom stereocenters. The van der Waals surface area contributed by atoms with Crippen LogP contribution in [-0.4, -0.2) is 12.6 Å². The van der Waals surface area contributed by atoms with Crippen molar-refractivity contribution in [1.29, 1.82) is 0 Å². The fourth-order valence-electron chi connectivity index (χ4n) is 2.78. The molecule has 0 saturated heterocycles. The molecule has 0 aromatic heterocycles. The molecule has 0 aliphatic heterocycles. The van der Waals surface area contributed by atoms with Crippen molar-refractivity contribution < 1.29 is 0 Å². The van der Waals surface area contributed by atoms with Gasteiger partial charge in [-0.3, -0.25) is 0 Å². The first-order chi connectivity index (χ1) is 7.26. The number of rotatable bonds is 4. The summed E-state index contributed by atoms with van der Waals surface area (Å²) < 4.78 is 0. The lowest BCUT2D eigenvalue weighted by molar-refractivity contribution is 0.139. The monoisotopic (exact) mass is 225 g/mol. The molecule has 1 aliphatic rings. The quantitative estimate of drug-likeness (QED) is 0.755. The molecule has 16 heavy (non-hydrogen) atoms. The molecule has 1 aliphatic carbocycles.